The molecule has 8 aromatic rings. The van der Waals surface area contributed by atoms with Crippen LogP contribution in [0.2, 0.25) is 19.6 Å². The van der Waals surface area contributed by atoms with Gasteiger partial charge in [0, 0.05) is 37.9 Å². The van der Waals surface area contributed by atoms with Gasteiger partial charge in [0.1, 0.15) is 11.4 Å². The summed E-state index contributed by atoms with van der Waals surface area (Å²) in [7, 11) is -1.46. The van der Waals surface area contributed by atoms with Gasteiger partial charge in [-0.1, -0.05) is 96.8 Å². The average molecular weight is 875 g/mol. The molecule has 0 aliphatic heterocycles. The number of pyridine rings is 2. The van der Waals surface area contributed by atoms with Crippen LogP contribution in [0.4, 0.5) is 4.39 Å². The van der Waals surface area contributed by atoms with E-state index in [-0.39, 0.29) is 25.9 Å². The van der Waals surface area contributed by atoms with Gasteiger partial charge in [-0.15, -0.1) is 54.1 Å². The molecule has 3 nitrogen and oxygen atoms in total. The Kier molecular flexibility index (Phi) is 10.8. The van der Waals surface area contributed by atoms with Gasteiger partial charge in [-0.25, -0.2) is 4.39 Å². The summed E-state index contributed by atoms with van der Waals surface area (Å²) in [5.41, 5.74) is 13.2. The SMILES string of the molecule is C[Si](C)(C)c1cnc(-c2[c-]cccc2)cc1-c1ccccc1.Cc1cc(C)c(-c2ccnc(-c3[c-]ccc4c3oc3cccc(F)c34)c2)c(C)c1.[Ir]. The van der Waals surface area contributed by atoms with Crippen molar-refractivity contribution in [2.45, 2.75) is 40.4 Å². The van der Waals surface area contributed by atoms with Crippen molar-refractivity contribution in [2.75, 3.05) is 0 Å². The van der Waals surface area contributed by atoms with Crippen LogP contribution in [-0.2, 0) is 20.1 Å². The monoisotopic (exact) mass is 875 g/mol. The van der Waals surface area contributed by atoms with Crippen LogP contribution in [0, 0.1) is 38.7 Å². The number of aromatic nitrogens is 2. The summed E-state index contributed by atoms with van der Waals surface area (Å²) in [6.45, 7) is 13.5. The molecule has 8 rings (SSSR count). The molecule has 0 unspecified atom stereocenters. The minimum absolute atomic E-state index is 0. The van der Waals surface area contributed by atoms with Crippen LogP contribution in [0.25, 0.3) is 66.7 Å². The first-order valence-electron chi connectivity index (χ1n) is 17.2. The number of furan rings is 1. The maximum Gasteiger partial charge on any atom is 0.133 e. The Morgan fingerprint density at radius 2 is 1.44 bits per heavy atom. The molecule has 0 aliphatic rings. The fourth-order valence-electron chi connectivity index (χ4n) is 6.91. The van der Waals surface area contributed by atoms with Crippen molar-refractivity contribution >= 4 is 35.2 Å². The van der Waals surface area contributed by atoms with Crippen LogP contribution in [0.15, 0.2) is 132 Å². The molecule has 0 N–H and O–H groups in total. The minimum atomic E-state index is -1.46. The summed E-state index contributed by atoms with van der Waals surface area (Å²) in [6, 6.07) is 44.3. The van der Waals surface area contributed by atoms with Gasteiger partial charge >= 0.3 is 0 Å². The van der Waals surface area contributed by atoms with E-state index >= 15 is 0 Å². The number of nitrogens with zero attached hydrogens (tertiary/aromatic N) is 2. The molecule has 0 aliphatic carbocycles. The Morgan fingerprint density at radius 3 is 2.15 bits per heavy atom. The van der Waals surface area contributed by atoms with E-state index in [0.717, 1.165) is 33.5 Å². The van der Waals surface area contributed by atoms with Gasteiger partial charge in [-0.3, -0.25) is 0 Å². The van der Waals surface area contributed by atoms with E-state index in [0.29, 0.717) is 16.6 Å². The maximum atomic E-state index is 14.4. The van der Waals surface area contributed by atoms with Crippen molar-refractivity contribution < 1.29 is 28.9 Å². The zero-order chi connectivity index (χ0) is 35.7. The largest absolute Gasteiger partial charge is 0.500 e. The first-order chi connectivity index (χ1) is 24.6. The van der Waals surface area contributed by atoms with E-state index in [2.05, 4.69) is 124 Å². The number of hydrogen-bond donors (Lipinski definition) is 0. The quantitative estimate of drug-likeness (QED) is 0.128. The second-order valence-corrected chi connectivity index (χ2v) is 19.1. The zero-order valence-electron chi connectivity index (χ0n) is 30.1. The Hall–Kier alpha value is -5.00. The zero-order valence-corrected chi connectivity index (χ0v) is 33.5. The number of aryl methyl sites for hydroxylation is 3. The van der Waals surface area contributed by atoms with E-state index < -0.39 is 8.07 Å². The third kappa shape index (κ3) is 7.47. The van der Waals surface area contributed by atoms with Crippen LogP contribution in [0.1, 0.15) is 16.7 Å². The molecule has 0 atom stereocenters. The van der Waals surface area contributed by atoms with E-state index in [1.165, 1.54) is 44.6 Å². The van der Waals surface area contributed by atoms with Gasteiger partial charge in [0.25, 0.3) is 0 Å². The molecular formula is C46H39FIrN2OSi-2. The fourth-order valence-corrected chi connectivity index (χ4v) is 8.38. The first kappa shape index (κ1) is 36.8. The predicted octanol–water partition coefficient (Wildman–Crippen LogP) is 11.9. The average Bonchev–Trinajstić information content (AvgIpc) is 3.52. The molecule has 0 saturated carbocycles. The summed E-state index contributed by atoms with van der Waals surface area (Å²) in [5.74, 6) is -0.286. The molecule has 0 saturated heterocycles. The van der Waals surface area contributed by atoms with Crippen LogP contribution < -0.4 is 5.19 Å². The van der Waals surface area contributed by atoms with Gasteiger partial charge in [0.2, 0.25) is 0 Å². The Labute approximate surface area is 320 Å². The van der Waals surface area contributed by atoms with E-state index in [1.54, 1.807) is 24.4 Å². The molecule has 0 bridgehead atoms. The van der Waals surface area contributed by atoms with Crippen LogP contribution in [0.5, 0.6) is 0 Å². The van der Waals surface area contributed by atoms with Crippen molar-refractivity contribution in [3.63, 3.8) is 0 Å². The summed E-state index contributed by atoms with van der Waals surface area (Å²) in [4.78, 5) is 9.27. The third-order valence-corrected chi connectivity index (χ3v) is 11.2. The topological polar surface area (TPSA) is 38.9 Å². The van der Waals surface area contributed by atoms with Crippen molar-refractivity contribution in [3.05, 3.63) is 162 Å². The molecule has 6 heteroatoms. The molecule has 0 amide bonds. The first-order valence-corrected chi connectivity index (χ1v) is 20.7. The third-order valence-electron chi connectivity index (χ3n) is 9.17. The second-order valence-electron chi connectivity index (χ2n) is 14.0. The van der Waals surface area contributed by atoms with Gasteiger partial charge in [-0.2, -0.15) is 0 Å². The van der Waals surface area contributed by atoms with Crippen LogP contribution in [-0.4, -0.2) is 18.0 Å². The standard InChI is InChI=1S/C26H19FNO.C20H20NSi.Ir/c1-15-12-16(2)24(17(3)13-15)18-10-11-28-22(14-18)19-6-4-7-20-25-21(27)8-5-9-23(25)29-26(19)20;1-22(2,3)20-15-21-19(17-12-8-5-9-13-17)14-18(20)16-10-6-4-7-11-16;/h4-5,7-14H,1-3H3;4-12,14-15H,1-3H3;/q2*-1;. The Morgan fingerprint density at radius 1 is 0.692 bits per heavy atom. The summed E-state index contributed by atoms with van der Waals surface area (Å²) in [5, 5.41) is 2.64. The van der Waals surface area contributed by atoms with E-state index in [9.17, 15) is 4.39 Å². The van der Waals surface area contributed by atoms with E-state index in [1.807, 2.05) is 30.3 Å². The van der Waals surface area contributed by atoms with Gasteiger partial charge in [0.05, 0.1) is 13.7 Å². The summed E-state index contributed by atoms with van der Waals surface area (Å²) < 4.78 is 20.4. The maximum absolute atomic E-state index is 14.4. The molecule has 3 heterocycles. The molecule has 5 aromatic carbocycles. The van der Waals surface area contributed by atoms with Crippen molar-refractivity contribution in [2.24, 2.45) is 0 Å². The number of rotatable bonds is 5. The Bertz CT molecular complexity index is 2480. The van der Waals surface area contributed by atoms with E-state index in [4.69, 9.17) is 9.40 Å². The summed E-state index contributed by atoms with van der Waals surface area (Å²) in [6.07, 6.45) is 3.88. The van der Waals surface area contributed by atoms with Gasteiger partial charge in [-0.05, 0) is 88.9 Å². The van der Waals surface area contributed by atoms with Crippen molar-refractivity contribution in [3.8, 4) is 44.8 Å². The van der Waals surface area contributed by atoms with Crippen molar-refractivity contribution in [1.82, 2.24) is 9.97 Å². The second kappa shape index (κ2) is 15.3. The number of benzene rings is 5. The molecule has 3 aromatic heterocycles. The molecular weight excluding hydrogens is 836 g/mol. The number of hydrogen-bond acceptors (Lipinski definition) is 3. The molecule has 1 radical (unpaired) electrons. The normalized spacial score (nSPS) is 11.2. The molecule has 0 spiro atoms. The van der Waals surface area contributed by atoms with Gasteiger partial charge in [0.15, 0.2) is 0 Å². The van der Waals surface area contributed by atoms with Gasteiger partial charge < -0.3 is 14.4 Å². The van der Waals surface area contributed by atoms with Crippen molar-refractivity contribution in [1.29, 1.82) is 0 Å². The Balaban J connectivity index is 0.000000182. The number of fused-ring (bicyclic) bond motifs is 3. The van der Waals surface area contributed by atoms with Crippen LogP contribution >= 0.6 is 0 Å². The molecule has 52 heavy (non-hydrogen) atoms. The fraction of sp³-hybridized carbons (Fsp3) is 0.130. The molecule has 0 fully saturated rings. The predicted molar refractivity (Wildman–Crippen MR) is 212 cm³/mol. The van der Waals surface area contributed by atoms with Crippen LogP contribution in [0.3, 0.4) is 0 Å². The minimum Gasteiger partial charge on any atom is -0.500 e. The molecule has 261 valence electrons. The summed E-state index contributed by atoms with van der Waals surface area (Å²) >= 11 is 0. The smallest absolute Gasteiger partial charge is 0.133 e. The number of halogens is 1.